The summed E-state index contributed by atoms with van der Waals surface area (Å²) in [5, 5.41) is 15.8. The van der Waals surface area contributed by atoms with Crippen molar-refractivity contribution in [3.8, 4) is 0 Å². The highest BCUT2D eigenvalue weighted by atomic mass is 32.1. The van der Waals surface area contributed by atoms with Crippen LogP contribution in [-0.4, -0.2) is 34.0 Å². The summed E-state index contributed by atoms with van der Waals surface area (Å²) in [4.78, 5) is 36.9. The molecule has 0 aliphatic carbocycles. The van der Waals surface area contributed by atoms with Gasteiger partial charge in [-0.3, -0.25) is 4.79 Å². The van der Waals surface area contributed by atoms with Crippen LogP contribution >= 0.6 is 11.3 Å². The second kappa shape index (κ2) is 6.85. The number of nitrogens with one attached hydrogen (secondary N) is 2. The summed E-state index contributed by atoms with van der Waals surface area (Å²) in [7, 11) is 0. The molecule has 0 bridgehead atoms. The summed E-state index contributed by atoms with van der Waals surface area (Å²) in [6.07, 6.45) is 0.0439. The quantitative estimate of drug-likeness (QED) is 0.605. The molecule has 1 heterocycles. The van der Waals surface area contributed by atoms with Crippen LogP contribution in [0.5, 0.6) is 0 Å². The smallest absolute Gasteiger partial charge is 0.355 e. The number of hydrogen-bond donors (Lipinski definition) is 4. The van der Waals surface area contributed by atoms with E-state index in [9.17, 15) is 14.4 Å². The summed E-state index contributed by atoms with van der Waals surface area (Å²) in [6, 6.07) is -1.29. The Hall–Kier alpha value is -2.16. The van der Waals surface area contributed by atoms with E-state index in [0.29, 0.717) is 5.01 Å². The largest absolute Gasteiger partial charge is 0.476 e. The number of carboxylic acids is 1. The minimum absolute atomic E-state index is 0.0439. The zero-order valence-electron chi connectivity index (χ0n) is 11.0. The van der Waals surface area contributed by atoms with E-state index in [1.165, 1.54) is 5.38 Å². The molecule has 2 atom stereocenters. The van der Waals surface area contributed by atoms with Gasteiger partial charge in [-0.05, 0) is 13.8 Å². The van der Waals surface area contributed by atoms with Gasteiger partial charge in [0.25, 0.3) is 0 Å². The molecule has 9 heteroatoms. The highest BCUT2D eigenvalue weighted by Crippen LogP contribution is 2.17. The number of carbonyl (C=O) groups excluding carboxylic acids is 2. The van der Waals surface area contributed by atoms with Gasteiger partial charge in [-0.1, -0.05) is 0 Å². The van der Waals surface area contributed by atoms with Gasteiger partial charge in [0.05, 0.1) is 6.04 Å². The molecule has 0 aliphatic heterocycles. The summed E-state index contributed by atoms with van der Waals surface area (Å²) in [6.45, 7) is 3.34. The van der Waals surface area contributed by atoms with Gasteiger partial charge in [-0.25, -0.2) is 14.6 Å². The second-order valence-corrected chi connectivity index (χ2v) is 5.18. The predicted molar refractivity (Wildman–Crippen MR) is 72.4 cm³/mol. The third-order valence-electron chi connectivity index (χ3n) is 2.34. The van der Waals surface area contributed by atoms with Crippen molar-refractivity contribution in [2.75, 3.05) is 0 Å². The van der Waals surface area contributed by atoms with E-state index in [1.807, 2.05) is 0 Å². The van der Waals surface area contributed by atoms with Crippen LogP contribution in [0, 0.1) is 0 Å². The molecule has 110 valence electrons. The van der Waals surface area contributed by atoms with Gasteiger partial charge >= 0.3 is 12.0 Å². The number of carboxylic acid groups (broad SMARTS) is 1. The number of urea groups is 1. The van der Waals surface area contributed by atoms with Crippen molar-refractivity contribution in [1.29, 1.82) is 0 Å². The van der Waals surface area contributed by atoms with E-state index in [1.54, 1.807) is 13.8 Å². The molecule has 0 saturated heterocycles. The van der Waals surface area contributed by atoms with Crippen molar-refractivity contribution in [3.63, 3.8) is 0 Å². The molecule has 3 amide bonds. The number of aromatic nitrogens is 1. The number of amides is 3. The Labute approximate surface area is 119 Å². The lowest BCUT2D eigenvalue weighted by molar-refractivity contribution is -0.118. The first-order valence-electron chi connectivity index (χ1n) is 5.83. The first kappa shape index (κ1) is 15.9. The van der Waals surface area contributed by atoms with Crippen molar-refractivity contribution in [3.05, 3.63) is 16.1 Å². The second-order valence-electron chi connectivity index (χ2n) is 4.29. The van der Waals surface area contributed by atoms with Gasteiger partial charge in [0, 0.05) is 17.8 Å². The van der Waals surface area contributed by atoms with E-state index in [0.717, 1.165) is 11.3 Å². The van der Waals surface area contributed by atoms with Crippen LogP contribution in [0.4, 0.5) is 4.79 Å². The Kier molecular flexibility index (Phi) is 5.44. The van der Waals surface area contributed by atoms with Crippen LogP contribution in [0.15, 0.2) is 5.38 Å². The van der Waals surface area contributed by atoms with Crippen LogP contribution < -0.4 is 16.4 Å². The standard InChI is InChI=1S/C11H16N4O4S/c1-5(3-8(12)16)13-11(19)14-6(2)9-15-7(4-20-9)10(17)18/h4-6H,3H2,1-2H3,(H2,12,16)(H,17,18)(H2,13,14,19). The highest BCUT2D eigenvalue weighted by molar-refractivity contribution is 7.09. The van der Waals surface area contributed by atoms with Gasteiger partial charge in [-0.2, -0.15) is 0 Å². The Morgan fingerprint density at radius 2 is 2.05 bits per heavy atom. The fraction of sp³-hybridized carbons (Fsp3) is 0.455. The molecule has 1 aromatic rings. The summed E-state index contributed by atoms with van der Waals surface area (Å²) < 4.78 is 0. The van der Waals surface area contributed by atoms with Gasteiger partial charge < -0.3 is 21.5 Å². The molecule has 0 fully saturated rings. The van der Waals surface area contributed by atoms with Crippen molar-refractivity contribution >= 4 is 29.2 Å². The lowest BCUT2D eigenvalue weighted by Gasteiger charge is -2.16. The molecule has 0 aliphatic rings. The maximum atomic E-state index is 11.6. The first-order valence-corrected chi connectivity index (χ1v) is 6.71. The van der Waals surface area contributed by atoms with Gasteiger partial charge in [0.15, 0.2) is 5.69 Å². The van der Waals surface area contributed by atoms with E-state index in [4.69, 9.17) is 10.8 Å². The molecule has 0 aromatic carbocycles. The number of rotatable bonds is 6. The third kappa shape index (κ3) is 4.84. The molecule has 20 heavy (non-hydrogen) atoms. The van der Waals surface area contributed by atoms with E-state index >= 15 is 0 Å². The summed E-state index contributed by atoms with van der Waals surface area (Å²) in [5.74, 6) is -1.61. The molecular weight excluding hydrogens is 284 g/mol. The molecule has 2 unspecified atom stereocenters. The summed E-state index contributed by atoms with van der Waals surface area (Å²) >= 11 is 1.15. The van der Waals surface area contributed by atoms with Crippen LogP contribution in [-0.2, 0) is 4.79 Å². The van der Waals surface area contributed by atoms with Gasteiger partial charge in [0.1, 0.15) is 5.01 Å². The average molecular weight is 300 g/mol. The van der Waals surface area contributed by atoms with Crippen molar-refractivity contribution in [2.45, 2.75) is 32.4 Å². The summed E-state index contributed by atoms with van der Waals surface area (Å²) in [5.41, 5.74) is 4.96. The number of nitrogens with two attached hydrogens (primary N) is 1. The number of primary amides is 1. The first-order chi connectivity index (χ1) is 9.29. The Morgan fingerprint density at radius 1 is 1.40 bits per heavy atom. The SMILES string of the molecule is CC(CC(N)=O)NC(=O)NC(C)c1nc(C(=O)O)cs1. The number of thiazole rings is 1. The maximum absolute atomic E-state index is 11.6. The molecule has 8 nitrogen and oxygen atoms in total. The van der Waals surface area contributed by atoms with Gasteiger partial charge in [-0.15, -0.1) is 11.3 Å². The van der Waals surface area contributed by atoms with E-state index in [2.05, 4.69) is 15.6 Å². The average Bonchev–Trinajstić information content (AvgIpc) is 2.76. The van der Waals surface area contributed by atoms with E-state index < -0.39 is 23.9 Å². The topological polar surface area (TPSA) is 134 Å². The zero-order valence-corrected chi connectivity index (χ0v) is 11.9. The Morgan fingerprint density at radius 3 is 2.55 bits per heavy atom. The lowest BCUT2D eigenvalue weighted by atomic mass is 10.2. The van der Waals surface area contributed by atoms with Crippen molar-refractivity contribution in [2.24, 2.45) is 5.73 Å². The zero-order chi connectivity index (χ0) is 15.3. The van der Waals surface area contributed by atoms with Gasteiger partial charge in [0.2, 0.25) is 5.91 Å². The molecule has 0 saturated carbocycles. The van der Waals surface area contributed by atoms with E-state index in [-0.39, 0.29) is 18.2 Å². The minimum Gasteiger partial charge on any atom is -0.476 e. The van der Waals surface area contributed by atoms with Crippen LogP contribution in [0.2, 0.25) is 0 Å². The molecule has 1 aromatic heterocycles. The third-order valence-corrected chi connectivity index (χ3v) is 3.37. The number of nitrogens with zero attached hydrogens (tertiary/aromatic N) is 1. The number of hydrogen-bond acceptors (Lipinski definition) is 5. The molecule has 0 spiro atoms. The van der Waals surface area contributed by atoms with Crippen LogP contribution in [0.1, 0.15) is 41.8 Å². The van der Waals surface area contributed by atoms with Crippen LogP contribution in [0.3, 0.4) is 0 Å². The minimum atomic E-state index is -1.11. The maximum Gasteiger partial charge on any atom is 0.355 e. The monoisotopic (exact) mass is 300 g/mol. The van der Waals surface area contributed by atoms with Crippen molar-refractivity contribution in [1.82, 2.24) is 15.6 Å². The number of aromatic carboxylic acids is 1. The fourth-order valence-electron chi connectivity index (χ4n) is 1.46. The molecule has 5 N–H and O–H groups in total. The number of carbonyl (C=O) groups is 3. The highest BCUT2D eigenvalue weighted by Gasteiger charge is 2.17. The van der Waals surface area contributed by atoms with Crippen LogP contribution in [0.25, 0.3) is 0 Å². The lowest BCUT2D eigenvalue weighted by Crippen LogP contribution is -2.43. The molecule has 0 radical (unpaired) electrons. The molecular formula is C11H16N4O4S. The molecule has 1 rings (SSSR count). The Bertz CT molecular complexity index is 516. The predicted octanol–water partition coefficient (Wildman–Crippen LogP) is 0.465. The Balaban J connectivity index is 2.52. The van der Waals surface area contributed by atoms with Crippen molar-refractivity contribution < 1.29 is 19.5 Å². The normalized spacial score (nSPS) is 13.3. The fourth-order valence-corrected chi connectivity index (χ4v) is 2.26.